The summed E-state index contributed by atoms with van der Waals surface area (Å²) in [7, 11) is 0. The third-order valence-electron chi connectivity index (χ3n) is 5.46. The average molecular weight is 471 g/mol. The second kappa shape index (κ2) is 11.3. The minimum Gasteiger partial charge on any atom is -0.478 e. The molecule has 1 heterocycles. The van der Waals surface area contributed by atoms with Gasteiger partial charge in [0, 0.05) is 18.1 Å². The molecule has 0 aliphatic rings. The Labute approximate surface area is 203 Å². The highest BCUT2D eigenvalue weighted by molar-refractivity contribution is 5.88. The molecule has 0 atom stereocenters. The van der Waals surface area contributed by atoms with Crippen molar-refractivity contribution in [2.24, 2.45) is 0 Å². The van der Waals surface area contributed by atoms with Crippen molar-refractivity contribution in [2.75, 3.05) is 13.1 Å². The molecule has 0 saturated heterocycles. The Hall–Kier alpha value is -4.23. The van der Waals surface area contributed by atoms with Crippen LogP contribution in [-0.2, 0) is 22.6 Å². The summed E-state index contributed by atoms with van der Waals surface area (Å²) in [5.41, 5.74) is 4.63. The van der Waals surface area contributed by atoms with Gasteiger partial charge in [-0.1, -0.05) is 66.7 Å². The molecular formula is C28H26N2O5. The quantitative estimate of drug-likeness (QED) is 0.251. The minimum atomic E-state index is -0.970. The first-order valence-electron chi connectivity index (χ1n) is 11.3. The Balaban J connectivity index is 1.31. The van der Waals surface area contributed by atoms with Gasteiger partial charge in [0.15, 0.2) is 11.7 Å². The van der Waals surface area contributed by atoms with Crippen LogP contribution >= 0.6 is 0 Å². The molecule has 3 aromatic carbocycles. The molecule has 178 valence electrons. The number of aromatic carboxylic acids is 1. The molecule has 0 aliphatic carbocycles. The molecule has 7 nitrogen and oxygen atoms in total. The lowest BCUT2D eigenvalue weighted by molar-refractivity contribution is -0.143. The molecule has 7 heteroatoms. The van der Waals surface area contributed by atoms with Crippen LogP contribution in [0.15, 0.2) is 83.3 Å². The van der Waals surface area contributed by atoms with Crippen molar-refractivity contribution >= 4 is 11.9 Å². The Kier molecular flexibility index (Phi) is 7.70. The third-order valence-corrected chi connectivity index (χ3v) is 5.46. The predicted octanol–water partition coefficient (Wildman–Crippen LogP) is 4.89. The molecule has 1 aromatic heterocycles. The van der Waals surface area contributed by atoms with Crippen LogP contribution in [-0.4, -0.2) is 35.1 Å². The number of carboxylic acids is 1. The van der Waals surface area contributed by atoms with Crippen LogP contribution in [0.2, 0.25) is 0 Å². The number of rotatable bonds is 10. The molecule has 0 radical (unpaired) electrons. The average Bonchev–Trinajstić information content (AvgIpc) is 3.28. The third kappa shape index (κ3) is 6.43. The highest BCUT2D eigenvalue weighted by atomic mass is 16.5. The molecule has 0 fully saturated rings. The maximum absolute atomic E-state index is 11.9. The SMILES string of the molecule is Cc1nc(-c2ccc(C(=O)O)cc2)c(-c2ccc(CCNCC(=O)OCc3ccccc3)cc2)o1. The molecule has 0 amide bonds. The summed E-state index contributed by atoms with van der Waals surface area (Å²) in [5, 5.41) is 12.2. The summed E-state index contributed by atoms with van der Waals surface area (Å²) in [5.74, 6) is -0.0859. The van der Waals surface area contributed by atoms with Crippen molar-refractivity contribution in [1.82, 2.24) is 10.3 Å². The number of hydrogen-bond acceptors (Lipinski definition) is 6. The maximum atomic E-state index is 11.9. The van der Waals surface area contributed by atoms with Crippen LogP contribution in [0.1, 0.15) is 27.4 Å². The molecule has 0 unspecified atom stereocenters. The first-order chi connectivity index (χ1) is 17.0. The highest BCUT2D eigenvalue weighted by Crippen LogP contribution is 2.32. The zero-order valence-corrected chi connectivity index (χ0v) is 19.4. The van der Waals surface area contributed by atoms with Crippen LogP contribution in [0.3, 0.4) is 0 Å². The van der Waals surface area contributed by atoms with E-state index in [1.165, 1.54) is 0 Å². The van der Waals surface area contributed by atoms with Crippen molar-refractivity contribution in [2.45, 2.75) is 20.0 Å². The van der Waals surface area contributed by atoms with Crippen molar-refractivity contribution < 1.29 is 23.8 Å². The van der Waals surface area contributed by atoms with E-state index in [1.54, 1.807) is 31.2 Å². The first-order valence-corrected chi connectivity index (χ1v) is 11.3. The second-order valence-electron chi connectivity index (χ2n) is 8.06. The number of nitrogens with one attached hydrogen (secondary N) is 1. The van der Waals surface area contributed by atoms with Crippen molar-refractivity contribution in [3.05, 3.63) is 101 Å². The van der Waals surface area contributed by atoms with Crippen LogP contribution < -0.4 is 5.32 Å². The first kappa shape index (κ1) is 23.9. The van der Waals surface area contributed by atoms with Gasteiger partial charge in [-0.05, 0) is 36.2 Å². The molecule has 0 spiro atoms. The van der Waals surface area contributed by atoms with E-state index < -0.39 is 5.97 Å². The number of aromatic nitrogens is 1. The smallest absolute Gasteiger partial charge is 0.335 e. The fourth-order valence-electron chi connectivity index (χ4n) is 3.62. The normalized spacial score (nSPS) is 10.8. The number of ether oxygens (including phenoxy) is 1. The summed E-state index contributed by atoms with van der Waals surface area (Å²) >= 11 is 0. The van der Waals surface area contributed by atoms with Crippen molar-refractivity contribution in [3.8, 4) is 22.6 Å². The standard InChI is InChI=1S/C28H26N2O5/c1-19-30-26(22-11-13-24(14-12-22)28(32)33)27(35-19)23-9-7-20(8-10-23)15-16-29-17-25(31)34-18-21-5-3-2-4-6-21/h2-14,29H,15-18H2,1H3,(H,32,33). The lowest BCUT2D eigenvalue weighted by atomic mass is 10.0. The van der Waals surface area contributed by atoms with Crippen LogP contribution in [0.5, 0.6) is 0 Å². The van der Waals surface area contributed by atoms with Gasteiger partial charge < -0.3 is 19.6 Å². The molecular weight excluding hydrogens is 444 g/mol. The molecule has 35 heavy (non-hydrogen) atoms. The van der Waals surface area contributed by atoms with Crippen LogP contribution in [0.25, 0.3) is 22.6 Å². The number of carbonyl (C=O) groups excluding carboxylic acids is 1. The summed E-state index contributed by atoms with van der Waals surface area (Å²) in [6.07, 6.45) is 0.755. The molecule has 2 N–H and O–H groups in total. The number of nitrogens with zero attached hydrogens (tertiary/aromatic N) is 1. The van der Waals surface area contributed by atoms with Gasteiger partial charge in [0.2, 0.25) is 0 Å². The van der Waals surface area contributed by atoms with Gasteiger partial charge in [-0.15, -0.1) is 0 Å². The summed E-state index contributed by atoms with van der Waals surface area (Å²) in [6, 6.07) is 24.1. The fraction of sp³-hybridized carbons (Fsp3) is 0.179. The predicted molar refractivity (Wildman–Crippen MR) is 132 cm³/mol. The minimum absolute atomic E-state index is 0.159. The molecule has 0 saturated carbocycles. The van der Waals surface area contributed by atoms with Crippen LogP contribution in [0, 0.1) is 6.92 Å². The largest absolute Gasteiger partial charge is 0.478 e. The Bertz CT molecular complexity index is 1280. The fourth-order valence-corrected chi connectivity index (χ4v) is 3.62. The number of hydrogen-bond donors (Lipinski definition) is 2. The number of carbonyl (C=O) groups is 2. The van der Waals surface area contributed by atoms with Crippen molar-refractivity contribution in [1.29, 1.82) is 0 Å². The van der Waals surface area contributed by atoms with Gasteiger partial charge in [0.1, 0.15) is 12.3 Å². The van der Waals surface area contributed by atoms with Crippen LogP contribution in [0.4, 0.5) is 0 Å². The zero-order chi connectivity index (χ0) is 24.6. The summed E-state index contributed by atoms with van der Waals surface area (Å²) < 4.78 is 11.1. The summed E-state index contributed by atoms with van der Waals surface area (Å²) in [6.45, 7) is 2.85. The van der Waals surface area contributed by atoms with E-state index in [-0.39, 0.29) is 24.7 Å². The van der Waals surface area contributed by atoms with E-state index in [1.807, 2.05) is 54.6 Å². The zero-order valence-electron chi connectivity index (χ0n) is 19.4. The number of benzene rings is 3. The summed E-state index contributed by atoms with van der Waals surface area (Å²) in [4.78, 5) is 27.5. The van der Waals surface area contributed by atoms with Crippen molar-refractivity contribution in [3.63, 3.8) is 0 Å². The molecule has 0 aliphatic heterocycles. The Morgan fingerprint density at radius 3 is 2.29 bits per heavy atom. The van der Waals surface area contributed by atoms with E-state index in [9.17, 15) is 9.59 Å². The maximum Gasteiger partial charge on any atom is 0.335 e. The Morgan fingerprint density at radius 2 is 1.60 bits per heavy atom. The van der Waals surface area contributed by atoms with E-state index in [4.69, 9.17) is 14.3 Å². The number of oxazole rings is 1. The molecule has 4 aromatic rings. The highest BCUT2D eigenvalue weighted by Gasteiger charge is 2.16. The van der Waals surface area contributed by atoms with Gasteiger partial charge in [0.05, 0.1) is 12.1 Å². The van der Waals surface area contributed by atoms with E-state index in [2.05, 4.69) is 10.3 Å². The van der Waals surface area contributed by atoms with Gasteiger partial charge in [0.25, 0.3) is 0 Å². The monoisotopic (exact) mass is 470 g/mol. The number of aryl methyl sites for hydroxylation is 1. The van der Waals surface area contributed by atoms with E-state index in [0.29, 0.717) is 23.9 Å². The lowest BCUT2D eigenvalue weighted by Gasteiger charge is -2.07. The van der Waals surface area contributed by atoms with E-state index >= 15 is 0 Å². The number of esters is 1. The van der Waals surface area contributed by atoms with E-state index in [0.717, 1.165) is 28.7 Å². The van der Waals surface area contributed by atoms with Gasteiger partial charge in [-0.2, -0.15) is 0 Å². The van der Waals surface area contributed by atoms with Gasteiger partial charge >= 0.3 is 11.9 Å². The topological polar surface area (TPSA) is 102 Å². The van der Waals surface area contributed by atoms with Gasteiger partial charge in [-0.25, -0.2) is 9.78 Å². The number of carboxylic acid groups (broad SMARTS) is 1. The Morgan fingerprint density at radius 1 is 0.914 bits per heavy atom. The molecule has 0 bridgehead atoms. The van der Waals surface area contributed by atoms with Gasteiger partial charge in [-0.3, -0.25) is 4.79 Å². The molecule has 4 rings (SSSR count). The lowest BCUT2D eigenvalue weighted by Crippen LogP contribution is -2.26. The second-order valence-corrected chi connectivity index (χ2v) is 8.06.